The molecule has 4 rings (SSSR count). The number of nitrogens with one attached hydrogen (secondary N) is 3. The normalized spacial score (nSPS) is 15.3. The number of allylic oxidation sites excluding steroid dienone is 1. The number of benzene rings is 3. The van der Waals surface area contributed by atoms with Crippen molar-refractivity contribution in [2.75, 3.05) is 20.3 Å². The van der Waals surface area contributed by atoms with E-state index in [1.807, 2.05) is 37.3 Å². The first-order valence-corrected chi connectivity index (χ1v) is 14.8. The van der Waals surface area contributed by atoms with Crippen molar-refractivity contribution in [1.29, 1.82) is 0 Å². The first kappa shape index (κ1) is 32.6. The number of amides is 2. The summed E-state index contributed by atoms with van der Waals surface area (Å²) in [5.41, 5.74) is 5.39. The number of hydrazone groups is 1. The molecular weight excluding hydrogens is 656 g/mol. The molecule has 0 aliphatic carbocycles. The van der Waals surface area contributed by atoms with Gasteiger partial charge in [-0.2, -0.15) is 5.10 Å². The van der Waals surface area contributed by atoms with Crippen LogP contribution in [0.3, 0.4) is 0 Å². The van der Waals surface area contributed by atoms with Crippen molar-refractivity contribution in [3.8, 4) is 17.2 Å². The molecule has 4 N–H and O–H groups in total. The molecule has 0 spiro atoms. The molecule has 0 aromatic heterocycles. The quantitative estimate of drug-likeness (QED) is 0.0833. The number of carbonyl (C=O) groups is 2. The van der Waals surface area contributed by atoms with Crippen molar-refractivity contribution in [2.45, 2.75) is 32.7 Å². The van der Waals surface area contributed by atoms with Gasteiger partial charge in [0.15, 0.2) is 17.7 Å². The van der Waals surface area contributed by atoms with Crippen molar-refractivity contribution >= 4 is 45.7 Å². The highest BCUT2D eigenvalue weighted by atomic mass is 79.9. The minimum Gasteiger partial charge on any atom is -0.490 e. The van der Waals surface area contributed by atoms with E-state index in [0.29, 0.717) is 45.7 Å². The molecule has 2 atom stereocenters. The summed E-state index contributed by atoms with van der Waals surface area (Å²) in [7, 11) is 1.27. The van der Waals surface area contributed by atoms with Gasteiger partial charge in [0.05, 0.1) is 31.5 Å². The third-order valence-corrected chi connectivity index (χ3v) is 7.27. The number of rotatable bonds is 13. The summed E-state index contributed by atoms with van der Waals surface area (Å²) in [5.74, 6) is 0.722. The fourth-order valence-electron chi connectivity index (χ4n) is 4.34. The number of carbonyl (C=O) groups excluding carboxylic acids is 2. The summed E-state index contributed by atoms with van der Waals surface area (Å²) in [6, 6.07) is 16.7. The lowest BCUT2D eigenvalue weighted by molar-refractivity contribution is -0.136. The number of urea groups is 1. The standard InChI is InChI=1S/C31H32BrClN4O7/c1-4-42-26-14-19(29-28(30(39)41-3)18(2)35-31(40)36-29)9-11-25(26)44-17-27(38)37-34-15-21-13-22(32)10-12-24(21)43-16-20-7-5-6-8-23(20)33/h5-15,27,29,37-38H,4,16-17H2,1-3H3,(H2,35,36,40)/b34-15-/t27-,29+/m1/s1. The summed E-state index contributed by atoms with van der Waals surface area (Å²) < 4.78 is 23.3. The summed E-state index contributed by atoms with van der Waals surface area (Å²) in [6.07, 6.45) is 0.359. The smallest absolute Gasteiger partial charge is 0.337 e. The van der Waals surface area contributed by atoms with Crippen LogP contribution in [0.4, 0.5) is 4.79 Å². The number of esters is 1. The number of ether oxygens (including phenoxy) is 4. The van der Waals surface area contributed by atoms with Crippen LogP contribution in [-0.4, -0.2) is 49.9 Å². The lowest BCUT2D eigenvalue weighted by atomic mass is 9.95. The number of aliphatic hydroxyl groups is 1. The Morgan fingerprint density at radius 1 is 1.11 bits per heavy atom. The minimum absolute atomic E-state index is 0.165. The predicted molar refractivity (Wildman–Crippen MR) is 169 cm³/mol. The Morgan fingerprint density at radius 2 is 1.89 bits per heavy atom. The Kier molecular flexibility index (Phi) is 11.5. The van der Waals surface area contributed by atoms with Gasteiger partial charge in [0.25, 0.3) is 0 Å². The Bertz CT molecular complexity index is 1570. The van der Waals surface area contributed by atoms with E-state index in [0.717, 1.165) is 10.0 Å². The van der Waals surface area contributed by atoms with Crippen LogP contribution in [0, 0.1) is 0 Å². The van der Waals surface area contributed by atoms with Gasteiger partial charge < -0.3 is 34.7 Å². The van der Waals surface area contributed by atoms with Crippen molar-refractivity contribution < 1.29 is 33.6 Å². The lowest BCUT2D eigenvalue weighted by Gasteiger charge is -2.28. The second kappa shape index (κ2) is 15.5. The Labute approximate surface area is 268 Å². The molecule has 1 aliphatic rings. The van der Waals surface area contributed by atoms with E-state index in [4.69, 9.17) is 30.5 Å². The summed E-state index contributed by atoms with van der Waals surface area (Å²) in [5, 5.41) is 20.6. The number of nitrogens with zero attached hydrogens (tertiary/aromatic N) is 1. The molecule has 3 aromatic carbocycles. The number of hydrogen-bond acceptors (Lipinski definition) is 9. The predicted octanol–water partition coefficient (Wildman–Crippen LogP) is 5.20. The van der Waals surface area contributed by atoms with E-state index in [1.165, 1.54) is 13.3 Å². The molecule has 0 unspecified atom stereocenters. The summed E-state index contributed by atoms with van der Waals surface area (Å²) in [4.78, 5) is 24.6. The average Bonchev–Trinajstić information content (AvgIpc) is 3.00. The topological polar surface area (TPSA) is 140 Å². The van der Waals surface area contributed by atoms with E-state index >= 15 is 0 Å². The second-order valence-electron chi connectivity index (χ2n) is 9.48. The molecule has 44 heavy (non-hydrogen) atoms. The van der Waals surface area contributed by atoms with Crippen molar-refractivity contribution in [1.82, 2.24) is 16.1 Å². The van der Waals surface area contributed by atoms with Crippen LogP contribution in [-0.2, 0) is 16.1 Å². The molecule has 232 valence electrons. The van der Waals surface area contributed by atoms with Gasteiger partial charge in [-0.15, -0.1) is 0 Å². The van der Waals surface area contributed by atoms with Crippen molar-refractivity contribution in [3.05, 3.63) is 98.1 Å². The first-order chi connectivity index (χ1) is 21.2. The van der Waals surface area contributed by atoms with Crippen LogP contribution < -0.4 is 30.3 Å². The number of hydrogen-bond donors (Lipinski definition) is 4. The van der Waals surface area contributed by atoms with Gasteiger partial charge in [-0.3, -0.25) is 5.43 Å². The van der Waals surface area contributed by atoms with Gasteiger partial charge in [0.1, 0.15) is 19.0 Å². The van der Waals surface area contributed by atoms with Gasteiger partial charge in [0, 0.05) is 26.3 Å². The van der Waals surface area contributed by atoms with Crippen molar-refractivity contribution in [2.24, 2.45) is 5.10 Å². The largest absolute Gasteiger partial charge is 0.490 e. The minimum atomic E-state index is -1.17. The highest BCUT2D eigenvalue weighted by Crippen LogP contribution is 2.35. The van der Waals surface area contributed by atoms with Gasteiger partial charge in [-0.1, -0.05) is 51.8 Å². The lowest BCUT2D eigenvalue weighted by Crippen LogP contribution is -2.45. The molecular formula is C31H32BrClN4O7. The van der Waals surface area contributed by atoms with E-state index < -0.39 is 24.3 Å². The monoisotopic (exact) mass is 686 g/mol. The molecule has 0 bridgehead atoms. The van der Waals surface area contributed by atoms with Crippen LogP contribution in [0.15, 0.2) is 81.5 Å². The maximum absolute atomic E-state index is 12.5. The van der Waals surface area contributed by atoms with E-state index in [-0.39, 0.29) is 18.8 Å². The van der Waals surface area contributed by atoms with E-state index in [2.05, 4.69) is 37.1 Å². The summed E-state index contributed by atoms with van der Waals surface area (Å²) in [6.45, 7) is 3.88. The van der Waals surface area contributed by atoms with Gasteiger partial charge >= 0.3 is 12.0 Å². The van der Waals surface area contributed by atoms with Crippen LogP contribution in [0.1, 0.15) is 36.6 Å². The maximum atomic E-state index is 12.5. The Balaban J connectivity index is 1.41. The van der Waals surface area contributed by atoms with Crippen LogP contribution in [0.5, 0.6) is 17.2 Å². The highest BCUT2D eigenvalue weighted by Gasteiger charge is 2.32. The Morgan fingerprint density at radius 3 is 2.64 bits per heavy atom. The zero-order valence-corrected chi connectivity index (χ0v) is 26.6. The molecule has 2 amide bonds. The molecule has 0 saturated carbocycles. The SMILES string of the molecule is CCOc1cc([C@@H]2NC(=O)NC(C)=C2C(=O)OC)ccc1OC[C@@H](O)N/N=C\c1cc(Br)ccc1OCc1ccccc1Cl. The third-order valence-electron chi connectivity index (χ3n) is 6.41. The fourth-order valence-corrected chi connectivity index (χ4v) is 4.91. The molecule has 0 radical (unpaired) electrons. The van der Waals surface area contributed by atoms with Crippen LogP contribution in [0.2, 0.25) is 5.02 Å². The Hall–Kier alpha value is -4.26. The maximum Gasteiger partial charge on any atom is 0.337 e. The fraction of sp³-hybridized carbons (Fsp3) is 0.258. The van der Waals surface area contributed by atoms with Gasteiger partial charge in [-0.25, -0.2) is 9.59 Å². The van der Waals surface area contributed by atoms with Gasteiger partial charge in [0.2, 0.25) is 0 Å². The van der Waals surface area contributed by atoms with E-state index in [1.54, 1.807) is 37.3 Å². The molecule has 13 heteroatoms. The number of halogens is 2. The zero-order valence-electron chi connectivity index (χ0n) is 24.2. The third kappa shape index (κ3) is 8.43. The van der Waals surface area contributed by atoms with Crippen LogP contribution >= 0.6 is 27.5 Å². The molecule has 0 saturated heterocycles. The van der Waals surface area contributed by atoms with Crippen LogP contribution in [0.25, 0.3) is 0 Å². The first-order valence-electron chi connectivity index (χ1n) is 13.6. The molecule has 1 aliphatic heterocycles. The average molecular weight is 688 g/mol. The molecule has 11 nitrogen and oxygen atoms in total. The summed E-state index contributed by atoms with van der Waals surface area (Å²) >= 11 is 9.70. The van der Waals surface area contributed by atoms with Gasteiger partial charge in [-0.05, 0) is 55.8 Å². The second-order valence-corrected chi connectivity index (χ2v) is 10.8. The molecule has 1 heterocycles. The number of aliphatic hydroxyl groups excluding tert-OH is 1. The van der Waals surface area contributed by atoms with E-state index in [9.17, 15) is 14.7 Å². The molecule has 0 fully saturated rings. The highest BCUT2D eigenvalue weighted by molar-refractivity contribution is 9.10. The zero-order chi connectivity index (χ0) is 31.6. The number of methoxy groups -OCH3 is 1. The van der Waals surface area contributed by atoms with Crippen molar-refractivity contribution in [3.63, 3.8) is 0 Å². The molecule has 3 aromatic rings.